The number of halogens is 1. The quantitative estimate of drug-likeness (QED) is 0.305. The molecule has 3 aromatic rings. The van der Waals surface area contributed by atoms with Crippen molar-refractivity contribution in [3.8, 4) is 11.5 Å². The molecular formula is C29H36BrN7O7S. The lowest BCUT2D eigenvalue weighted by molar-refractivity contribution is -0.159. The first-order valence-corrected chi connectivity index (χ1v) is 16.2. The van der Waals surface area contributed by atoms with Crippen LogP contribution in [0.25, 0.3) is 11.2 Å². The second-order valence-corrected chi connectivity index (χ2v) is 13.6. The summed E-state index contributed by atoms with van der Waals surface area (Å²) in [6.07, 6.45) is 2.18. The Balaban J connectivity index is 1.15. The predicted octanol–water partition coefficient (Wildman–Crippen LogP) is 4.14. The number of anilines is 1. The molecule has 2 aliphatic heterocycles. The SMILES string of the molecule is CC(OC(=O)CNC(=O)OC(C)(C)C)C(=O)N1CCC(CCn2c(Sc3cc4c(cc3Br)OCO4)nc3c(N)ncnc32)CC1. The van der Waals surface area contributed by atoms with Crippen molar-refractivity contribution < 1.29 is 33.3 Å². The molecule has 1 fully saturated rings. The van der Waals surface area contributed by atoms with Gasteiger partial charge in [-0.3, -0.25) is 9.59 Å². The summed E-state index contributed by atoms with van der Waals surface area (Å²) in [6, 6.07) is 3.79. The van der Waals surface area contributed by atoms with E-state index in [2.05, 4.69) is 35.8 Å². The van der Waals surface area contributed by atoms with Crippen LogP contribution in [-0.2, 0) is 25.6 Å². The summed E-state index contributed by atoms with van der Waals surface area (Å²) in [4.78, 5) is 52.9. The summed E-state index contributed by atoms with van der Waals surface area (Å²) in [5.74, 6) is 1.05. The average molecular weight is 707 g/mol. The molecule has 1 atom stereocenters. The number of piperidine rings is 1. The molecule has 1 aromatic carbocycles. The lowest BCUT2D eigenvalue weighted by Gasteiger charge is -2.33. The van der Waals surface area contributed by atoms with Crippen molar-refractivity contribution in [2.45, 2.75) is 75.3 Å². The molecule has 1 saturated heterocycles. The molecule has 2 aliphatic rings. The number of hydrogen-bond acceptors (Lipinski definition) is 12. The Morgan fingerprint density at radius 2 is 1.89 bits per heavy atom. The number of benzene rings is 1. The van der Waals surface area contributed by atoms with Crippen LogP contribution in [0.2, 0.25) is 0 Å². The summed E-state index contributed by atoms with van der Waals surface area (Å²) in [7, 11) is 0. The molecule has 1 unspecified atom stereocenters. The van der Waals surface area contributed by atoms with Crippen LogP contribution in [-0.4, -0.2) is 80.5 Å². The van der Waals surface area contributed by atoms with Gasteiger partial charge in [0.1, 0.15) is 18.5 Å². The lowest BCUT2D eigenvalue weighted by Crippen LogP contribution is -2.45. The number of aryl methyl sites for hydroxylation is 1. The van der Waals surface area contributed by atoms with Gasteiger partial charge >= 0.3 is 12.1 Å². The van der Waals surface area contributed by atoms with Gasteiger partial charge in [0.25, 0.3) is 5.91 Å². The molecule has 0 aliphatic carbocycles. The van der Waals surface area contributed by atoms with Gasteiger partial charge in [-0.1, -0.05) is 11.8 Å². The van der Waals surface area contributed by atoms with Crippen LogP contribution in [0.5, 0.6) is 11.5 Å². The molecular weight excluding hydrogens is 670 g/mol. The van der Waals surface area contributed by atoms with Gasteiger partial charge in [-0.05, 0) is 80.9 Å². The number of esters is 1. The van der Waals surface area contributed by atoms with Crippen molar-refractivity contribution >= 4 is 62.6 Å². The molecule has 14 nitrogen and oxygen atoms in total. The molecule has 3 N–H and O–H groups in total. The minimum atomic E-state index is -0.966. The van der Waals surface area contributed by atoms with Crippen molar-refractivity contribution in [1.29, 1.82) is 0 Å². The molecule has 0 spiro atoms. The van der Waals surface area contributed by atoms with E-state index in [9.17, 15) is 14.4 Å². The van der Waals surface area contributed by atoms with Gasteiger partial charge in [-0.25, -0.2) is 19.7 Å². The number of amides is 2. The van der Waals surface area contributed by atoms with E-state index in [-0.39, 0.29) is 19.2 Å². The molecule has 45 heavy (non-hydrogen) atoms. The van der Waals surface area contributed by atoms with E-state index < -0.39 is 23.8 Å². The Morgan fingerprint density at radius 3 is 2.60 bits per heavy atom. The highest BCUT2D eigenvalue weighted by molar-refractivity contribution is 9.10. The molecule has 0 bridgehead atoms. The third kappa shape index (κ3) is 8.09. The second-order valence-electron chi connectivity index (χ2n) is 11.8. The number of ether oxygens (including phenoxy) is 4. The predicted molar refractivity (Wildman–Crippen MR) is 168 cm³/mol. The maximum atomic E-state index is 13.0. The molecule has 2 aromatic heterocycles. The summed E-state index contributed by atoms with van der Waals surface area (Å²) < 4.78 is 24.3. The number of nitrogens with zero attached hydrogens (tertiary/aromatic N) is 5. The fourth-order valence-electron chi connectivity index (χ4n) is 5.05. The number of nitrogens with two attached hydrogens (primary N) is 1. The Morgan fingerprint density at radius 1 is 1.18 bits per heavy atom. The van der Waals surface area contributed by atoms with Crippen LogP contribution in [0.3, 0.4) is 0 Å². The zero-order chi connectivity index (χ0) is 32.3. The number of rotatable bonds is 9. The summed E-state index contributed by atoms with van der Waals surface area (Å²) in [5.41, 5.74) is 6.66. The summed E-state index contributed by atoms with van der Waals surface area (Å²) >= 11 is 5.10. The van der Waals surface area contributed by atoms with Crippen molar-refractivity contribution in [1.82, 2.24) is 29.7 Å². The number of carbonyl (C=O) groups excluding carboxylic acids is 3. The van der Waals surface area contributed by atoms with Gasteiger partial charge in [0.05, 0.1) is 0 Å². The van der Waals surface area contributed by atoms with Gasteiger partial charge in [0.15, 0.2) is 39.7 Å². The fourth-order valence-corrected chi connectivity index (χ4v) is 6.56. The van der Waals surface area contributed by atoms with E-state index in [0.717, 1.165) is 33.8 Å². The smallest absolute Gasteiger partial charge is 0.408 e. The molecule has 4 heterocycles. The van der Waals surface area contributed by atoms with Crippen LogP contribution in [0.4, 0.5) is 10.6 Å². The lowest BCUT2D eigenvalue weighted by atomic mass is 9.93. The number of hydrogen-bond donors (Lipinski definition) is 2. The fraction of sp³-hybridized carbons (Fsp3) is 0.517. The van der Waals surface area contributed by atoms with E-state index in [1.807, 2.05) is 12.1 Å². The highest BCUT2D eigenvalue weighted by Gasteiger charge is 2.29. The zero-order valence-corrected chi connectivity index (χ0v) is 27.9. The minimum absolute atomic E-state index is 0.183. The van der Waals surface area contributed by atoms with Gasteiger partial charge < -0.3 is 39.5 Å². The number of nitrogens with one attached hydrogen (secondary N) is 1. The molecule has 5 rings (SSSR count). The zero-order valence-electron chi connectivity index (χ0n) is 25.5. The van der Waals surface area contributed by atoms with Crippen LogP contribution < -0.4 is 20.5 Å². The first-order chi connectivity index (χ1) is 21.4. The highest BCUT2D eigenvalue weighted by Crippen LogP contribution is 2.43. The third-order valence-corrected chi connectivity index (χ3v) is 9.24. The number of carbonyl (C=O) groups is 3. The normalized spacial score (nSPS) is 15.6. The van der Waals surface area contributed by atoms with Gasteiger partial charge in [0.2, 0.25) is 6.79 Å². The Labute approximate surface area is 272 Å². The summed E-state index contributed by atoms with van der Waals surface area (Å²) in [6.45, 7) is 8.24. The molecule has 242 valence electrons. The van der Waals surface area contributed by atoms with Crippen molar-refractivity contribution in [3.63, 3.8) is 0 Å². The number of aromatic nitrogens is 4. The first kappa shape index (κ1) is 32.6. The Hall–Kier alpha value is -3.79. The number of nitrogen functional groups attached to an aromatic ring is 1. The van der Waals surface area contributed by atoms with Gasteiger partial charge in [-0.2, -0.15) is 0 Å². The third-order valence-electron chi connectivity index (χ3n) is 7.27. The van der Waals surface area contributed by atoms with E-state index in [1.165, 1.54) is 25.0 Å². The standard InChI is InChI=1S/C29H36BrN7O7S/c1-16(43-22(38)13-32-28(40)44-29(2,3)4)26(39)36-8-5-17(6-9-36)7-10-37-25-23(24(31)33-14-34-25)35-27(37)45-21-12-20-19(11-18(21)30)41-15-42-20/h11-12,14,16-17H,5-10,13,15H2,1-4H3,(H,32,40)(H2,31,33,34). The van der Waals surface area contributed by atoms with Crippen molar-refractivity contribution in [2.75, 3.05) is 32.2 Å². The second kappa shape index (κ2) is 13.7. The number of imidazole rings is 1. The van der Waals surface area contributed by atoms with Crippen LogP contribution >= 0.6 is 27.7 Å². The molecule has 0 saturated carbocycles. The minimum Gasteiger partial charge on any atom is -0.454 e. The van der Waals surface area contributed by atoms with Crippen molar-refractivity contribution in [3.05, 3.63) is 22.9 Å². The van der Waals surface area contributed by atoms with Crippen LogP contribution in [0.15, 0.2) is 33.0 Å². The molecule has 0 radical (unpaired) electrons. The number of alkyl carbamates (subject to hydrolysis) is 1. The largest absolute Gasteiger partial charge is 0.454 e. The van der Waals surface area contributed by atoms with E-state index in [4.69, 9.17) is 29.7 Å². The first-order valence-electron chi connectivity index (χ1n) is 14.6. The van der Waals surface area contributed by atoms with Crippen LogP contribution in [0, 0.1) is 5.92 Å². The van der Waals surface area contributed by atoms with Crippen LogP contribution in [0.1, 0.15) is 47.0 Å². The monoisotopic (exact) mass is 705 g/mol. The van der Waals surface area contributed by atoms with Gasteiger partial charge in [-0.15, -0.1) is 0 Å². The summed E-state index contributed by atoms with van der Waals surface area (Å²) in [5, 5.41) is 3.07. The maximum Gasteiger partial charge on any atom is 0.408 e. The average Bonchev–Trinajstić information content (AvgIpc) is 3.58. The van der Waals surface area contributed by atoms with E-state index in [0.29, 0.717) is 54.0 Å². The number of likely N-dealkylation sites (tertiary alicyclic amines) is 1. The van der Waals surface area contributed by atoms with Gasteiger partial charge in [0, 0.05) is 29.0 Å². The maximum absolute atomic E-state index is 13.0. The van der Waals surface area contributed by atoms with E-state index >= 15 is 0 Å². The van der Waals surface area contributed by atoms with E-state index in [1.54, 1.807) is 25.7 Å². The number of fused-ring (bicyclic) bond motifs is 2. The van der Waals surface area contributed by atoms with Crippen molar-refractivity contribution in [2.24, 2.45) is 5.92 Å². The Bertz CT molecular complexity index is 1590. The molecule has 16 heteroatoms. The topological polar surface area (TPSA) is 173 Å². The highest BCUT2D eigenvalue weighted by atomic mass is 79.9. The molecule has 2 amide bonds. The Kier molecular flexibility index (Phi) is 9.91.